The van der Waals surface area contributed by atoms with Gasteiger partial charge in [-0.2, -0.15) is 4.31 Å². The van der Waals surface area contributed by atoms with Gasteiger partial charge in [-0.25, -0.2) is 17.2 Å². The second-order valence-electron chi connectivity index (χ2n) is 4.28. The van der Waals surface area contributed by atoms with E-state index >= 15 is 0 Å². The molecule has 1 aromatic rings. The normalized spacial score (nSPS) is 12.1. The number of nitrogens with one attached hydrogen (secondary N) is 1. The Kier molecular flexibility index (Phi) is 6.93. The molecule has 0 fully saturated rings. The van der Waals surface area contributed by atoms with Crippen LogP contribution in [0.15, 0.2) is 23.4 Å². The van der Waals surface area contributed by atoms with Crippen LogP contribution >= 0.6 is 0 Å². The van der Waals surface area contributed by atoms with Gasteiger partial charge in [0.2, 0.25) is 10.0 Å². The van der Waals surface area contributed by atoms with Gasteiger partial charge in [0.15, 0.2) is 0 Å². The number of anilines is 1. The summed E-state index contributed by atoms with van der Waals surface area (Å²) in [6.07, 6.45) is 0.484. The largest absolute Gasteiger partial charge is 0.395 e. The Balaban J connectivity index is 3.14. The zero-order chi connectivity index (χ0) is 15.9. The maximum Gasteiger partial charge on any atom is 0.252 e. The van der Waals surface area contributed by atoms with Crippen LogP contribution < -0.4 is 5.32 Å². The lowest BCUT2D eigenvalue weighted by molar-refractivity contribution is 0.113. The molecule has 2 N–H and O–H groups in total. The number of sulfonamides is 1. The van der Waals surface area contributed by atoms with Gasteiger partial charge in [0.25, 0.3) is 6.43 Å². The summed E-state index contributed by atoms with van der Waals surface area (Å²) in [7, 11) is -4.15. The van der Waals surface area contributed by atoms with Crippen LogP contribution in [0.2, 0.25) is 0 Å². The lowest BCUT2D eigenvalue weighted by Gasteiger charge is -2.22. The van der Waals surface area contributed by atoms with Crippen molar-refractivity contribution in [1.29, 1.82) is 0 Å². The summed E-state index contributed by atoms with van der Waals surface area (Å²) < 4.78 is 50.5. The number of aromatic nitrogens is 1. The third-order valence-electron chi connectivity index (χ3n) is 2.66. The SMILES string of the molecule is CCCNc1ccncc1S(=O)(=O)N(CCO)CC(F)F. The maximum absolute atomic E-state index is 12.5. The van der Waals surface area contributed by atoms with E-state index in [0.29, 0.717) is 16.5 Å². The highest BCUT2D eigenvalue weighted by atomic mass is 32.2. The lowest BCUT2D eigenvalue weighted by Crippen LogP contribution is -2.37. The van der Waals surface area contributed by atoms with Gasteiger partial charge in [-0.15, -0.1) is 0 Å². The monoisotopic (exact) mass is 323 g/mol. The Morgan fingerprint density at radius 2 is 2.19 bits per heavy atom. The van der Waals surface area contributed by atoms with Gasteiger partial charge in [-0.1, -0.05) is 6.92 Å². The Bertz CT molecular complexity index is 540. The zero-order valence-corrected chi connectivity index (χ0v) is 12.5. The summed E-state index contributed by atoms with van der Waals surface area (Å²) >= 11 is 0. The predicted molar refractivity (Wildman–Crippen MR) is 74.9 cm³/mol. The molecule has 0 spiro atoms. The number of aliphatic hydroxyl groups is 1. The number of nitrogens with zero attached hydrogens (tertiary/aromatic N) is 2. The van der Waals surface area contributed by atoms with Crippen molar-refractivity contribution in [3.63, 3.8) is 0 Å². The van der Waals surface area contributed by atoms with Gasteiger partial charge in [-0.05, 0) is 12.5 Å². The molecule has 6 nitrogen and oxygen atoms in total. The molecule has 0 radical (unpaired) electrons. The highest BCUT2D eigenvalue weighted by Gasteiger charge is 2.29. The number of alkyl halides is 2. The molecule has 120 valence electrons. The highest BCUT2D eigenvalue weighted by molar-refractivity contribution is 7.89. The van der Waals surface area contributed by atoms with Crippen LogP contribution in [0, 0.1) is 0 Å². The number of halogens is 2. The minimum absolute atomic E-state index is 0.174. The predicted octanol–water partition coefficient (Wildman–Crippen LogP) is 1.15. The molecule has 1 rings (SSSR count). The van der Waals surface area contributed by atoms with Crippen LogP contribution in [0.25, 0.3) is 0 Å². The van der Waals surface area contributed by atoms with E-state index < -0.39 is 36.1 Å². The molecule has 0 saturated carbocycles. The molecule has 9 heteroatoms. The van der Waals surface area contributed by atoms with Crippen LogP contribution in [0.4, 0.5) is 14.5 Å². The van der Waals surface area contributed by atoms with Crippen molar-refractivity contribution in [1.82, 2.24) is 9.29 Å². The summed E-state index contributed by atoms with van der Waals surface area (Å²) in [5, 5.41) is 11.8. The molecule has 0 aliphatic rings. The van der Waals surface area contributed by atoms with E-state index in [4.69, 9.17) is 5.11 Å². The number of hydrogen-bond acceptors (Lipinski definition) is 5. The summed E-state index contributed by atoms with van der Waals surface area (Å²) in [5.74, 6) is 0. The molecule has 0 aliphatic carbocycles. The molecule has 0 aliphatic heterocycles. The molecule has 0 unspecified atom stereocenters. The fourth-order valence-electron chi connectivity index (χ4n) is 1.71. The van der Waals surface area contributed by atoms with Gasteiger partial charge in [0.05, 0.1) is 18.8 Å². The third-order valence-corrected chi connectivity index (χ3v) is 4.55. The van der Waals surface area contributed by atoms with E-state index in [1.54, 1.807) is 0 Å². The molecule has 0 bridgehead atoms. The number of aliphatic hydroxyl groups excluding tert-OH is 1. The topological polar surface area (TPSA) is 82.5 Å². The van der Waals surface area contributed by atoms with Crippen LogP contribution in [-0.2, 0) is 10.0 Å². The minimum Gasteiger partial charge on any atom is -0.395 e. The van der Waals surface area contributed by atoms with Gasteiger partial charge in [-0.3, -0.25) is 4.98 Å². The van der Waals surface area contributed by atoms with Crippen molar-refractivity contribution in [2.75, 3.05) is 31.6 Å². The Labute approximate surface area is 122 Å². The van der Waals surface area contributed by atoms with Crippen LogP contribution in [0.1, 0.15) is 13.3 Å². The molecule has 21 heavy (non-hydrogen) atoms. The van der Waals surface area contributed by atoms with E-state index in [9.17, 15) is 17.2 Å². The van der Waals surface area contributed by atoms with E-state index in [0.717, 1.165) is 12.6 Å². The number of hydrogen-bond donors (Lipinski definition) is 2. The average molecular weight is 323 g/mol. The molecule has 0 saturated heterocycles. The van der Waals surface area contributed by atoms with Crippen molar-refractivity contribution in [2.45, 2.75) is 24.7 Å². The van der Waals surface area contributed by atoms with Gasteiger partial charge in [0, 0.05) is 25.5 Å². The number of rotatable bonds is 9. The minimum atomic E-state index is -4.15. The molecule has 1 aromatic heterocycles. The first-order chi connectivity index (χ1) is 9.93. The Morgan fingerprint density at radius 3 is 2.76 bits per heavy atom. The van der Waals surface area contributed by atoms with Crippen molar-refractivity contribution < 1.29 is 22.3 Å². The first-order valence-corrected chi connectivity index (χ1v) is 7.94. The summed E-state index contributed by atoms with van der Waals surface area (Å²) in [6, 6.07) is 1.47. The molecular weight excluding hydrogens is 304 g/mol. The third kappa shape index (κ3) is 4.87. The van der Waals surface area contributed by atoms with Gasteiger partial charge >= 0.3 is 0 Å². The van der Waals surface area contributed by atoms with Crippen molar-refractivity contribution >= 4 is 15.7 Å². The fourth-order valence-corrected chi connectivity index (χ4v) is 3.23. The second kappa shape index (κ2) is 8.20. The quantitative estimate of drug-likeness (QED) is 0.712. The maximum atomic E-state index is 12.5. The van der Waals surface area contributed by atoms with Crippen molar-refractivity contribution in [3.05, 3.63) is 18.5 Å². The van der Waals surface area contributed by atoms with E-state index in [-0.39, 0.29) is 4.90 Å². The average Bonchev–Trinajstić information content (AvgIpc) is 2.44. The number of pyridine rings is 1. The molecule has 1 heterocycles. The molecule has 0 atom stereocenters. The zero-order valence-electron chi connectivity index (χ0n) is 11.7. The molecular formula is C12H19F2N3O3S. The molecule has 0 aromatic carbocycles. The highest BCUT2D eigenvalue weighted by Crippen LogP contribution is 2.24. The molecule has 0 amide bonds. The van der Waals surface area contributed by atoms with Crippen LogP contribution in [0.5, 0.6) is 0 Å². The fraction of sp³-hybridized carbons (Fsp3) is 0.583. The van der Waals surface area contributed by atoms with Crippen LogP contribution in [0.3, 0.4) is 0 Å². The van der Waals surface area contributed by atoms with Crippen molar-refractivity contribution in [3.8, 4) is 0 Å². The van der Waals surface area contributed by atoms with E-state index in [2.05, 4.69) is 10.3 Å². The van der Waals surface area contributed by atoms with Gasteiger partial charge in [0.1, 0.15) is 4.90 Å². The Morgan fingerprint density at radius 1 is 1.48 bits per heavy atom. The summed E-state index contributed by atoms with van der Waals surface area (Å²) in [4.78, 5) is 3.57. The second-order valence-corrected chi connectivity index (χ2v) is 6.18. The summed E-state index contributed by atoms with van der Waals surface area (Å²) in [6.45, 7) is 0.558. The van der Waals surface area contributed by atoms with Crippen molar-refractivity contribution in [2.24, 2.45) is 0 Å². The van der Waals surface area contributed by atoms with Crippen LogP contribution in [-0.4, -0.2) is 55.5 Å². The lowest BCUT2D eigenvalue weighted by atomic mass is 10.4. The first-order valence-electron chi connectivity index (χ1n) is 6.50. The van der Waals surface area contributed by atoms with Gasteiger partial charge < -0.3 is 10.4 Å². The summed E-state index contributed by atoms with van der Waals surface area (Å²) in [5.41, 5.74) is 0.309. The van der Waals surface area contributed by atoms with E-state index in [1.807, 2.05) is 6.92 Å². The first kappa shape index (κ1) is 17.7. The standard InChI is InChI=1S/C12H19F2N3O3S/c1-2-4-16-10-3-5-15-8-11(10)21(19,20)17(6-7-18)9-12(13)14/h3,5,8,12,18H,2,4,6-7,9H2,1H3,(H,15,16). The van der Waals surface area contributed by atoms with E-state index in [1.165, 1.54) is 12.3 Å². The Hall–Kier alpha value is -1.32. The smallest absolute Gasteiger partial charge is 0.252 e.